The average Bonchev–Trinajstić information content (AvgIpc) is 2.35. The highest BCUT2D eigenvalue weighted by molar-refractivity contribution is 5.78. The Morgan fingerprint density at radius 1 is 1.56 bits per heavy atom. The van der Waals surface area contributed by atoms with E-state index in [-0.39, 0.29) is 11.8 Å². The Kier molecular flexibility index (Phi) is 5.27. The molecule has 0 aliphatic carbocycles. The Bertz CT molecular complexity index is 264. The topological polar surface area (TPSA) is 56.1 Å². The smallest absolute Gasteiger partial charge is 0.222 e. The molecule has 0 aromatic carbocycles. The van der Waals surface area contributed by atoms with Gasteiger partial charge >= 0.3 is 0 Å². The van der Waals surface area contributed by atoms with Gasteiger partial charge in [-0.3, -0.25) is 9.69 Å². The molecular formula is C12H21N3O. The molecule has 90 valence electrons. The maximum Gasteiger partial charge on any atom is 0.222 e. The van der Waals surface area contributed by atoms with E-state index in [0.29, 0.717) is 12.5 Å². The lowest BCUT2D eigenvalue weighted by Crippen LogP contribution is -2.44. The molecule has 0 aromatic heterocycles. The van der Waals surface area contributed by atoms with Gasteiger partial charge in [0, 0.05) is 19.0 Å². The second-order valence-electron chi connectivity index (χ2n) is 4.35. The van der Waals surface area contributed by atoms with Crippen LogP contribution in [0.25, 0.3) is 0 Å². The second kappa shape index (κ2) is 6.49. The SMILES string of the molecule is CCC(CC#N)N1CCC(C(=O)NC)CC1. The fourth-order valence-electron chi connectivity index (χ4n) is 2.37. The number of likely N-dealkylation sites (tertiary alicyclic amines) is 1. The Balaban J connectivity index is 2.42. The van der Waals surface area contributed by atoms with E-state index in [0.717, 1.165) is 32.4 Å². The van der Waals surface area contributed by atoms with Crippen LogP contribution in [0.5, 0.6) is 0 Å². The van der Waals surface area contributed by atoms with E-state index < -0.39 is 0 Å². The van der Waals surface area contributed by atoms with E-state index in [1.54, 1.807) is 7.05 Å². The summed E-state index contributed by atoms with van der Waals surface area (Å²) in [5.41, 5.74) is 0. The van der Waals surface area contributed by atoms with Crippen LogP contribution in [0.2, 0.25) is 0 Å². The summed E-state index contributed by atoms with van der Waals surface area (Å²) >= 11 is 0. The fraction of sp³-hybridized carbons (Fsp3) is 0.833. The molecule has 16 heavy (non-hydrogen) atoms. The molecule has 1 heterocycles. The summed E-state index contributed by atoms with van der Waals surface area (Å²) in [7, 11) is 1.69. The van der Waals surface area contributed by atoms with E-state index in [9.17, 15) is 4.79 Å². The van der Waals surface area contributed by atoms with Crippen LogP contribution in [0, 0.1) is 17.2 Å². The first kappa shape index (κ1) is 13.0. The van der Waals surface area contributed by atoms with Crippen molar-refractivity contribution in [1.82, 2.24) is 10.2 Å². The fourth-order valence-corrected chi connectivity index (χ4v) is 2.37. The van der Waals surface area contributed by atoms with Crippen LogP contribution in [0.3, 0.4) is 0 Å². The molecular weight excluding hydrogens is 202 g/mol. The number of rotatable bonds is 4. The summed E-state index contributed by atoms with van der Waals surface area (Å²) in [6.45, 7) is 4.00. The number of nitriles is 1. The van der Waals surface area contributed by atoms with E-state index in [2.05, 4.69) is 23.2 Å². The zero-order valence-electron chi connectivity index (χ0n) is 10.2. The van der Waals surface area contributed by atoms with Gasteiger partial charge in [-0.1, -0.05) is 6.92 Å². The third-order valence-corrected chi connectivity index (χ3v) is 3.46. The van der Waals surface area contributed by atoms with E-state index in [4.69, 9.17) is 5.26 Å². The maximum atomic E-state index is 11.5. The molecule has 1 unspecified atom stereocenters. The zero-order valence-corrected chi connectivity index (χ0v) is 10.2. The number of piperidine rings is 1. The van der Waals surface area contributed by atoms with E-state index >= 15 is 0 Å². The molecule has 0 bridgehead atoms. The number of carbonyl (C=O) groups excluding carboxylic acids is 1. The van der Waals surface area contributed by atoms with Crippen molar-refractivity contribution in [2.75, 3.05) is 20.1 Å². The van der Waals surface area contributed by atoms with Gasteiger partial charge in [0.1, 0.15) is 0 Å². The number of hydrogen-bond donors (Lipinski definition) is 1. The van der Waals surface area contributed by atoms with Crippen LogP contribution in [-0.2, 0) is 4.79 Å². The number of nitrogens with one attached hydrogen (secondary N) is 1. The van der Waals surface area contributed by atoms with Crippen molar-refractivity contribution in [2.45, 2.75) is 38.6 Å². The molecule has 0 spiro atoms. The minimum Gasteiger partial charge on any atom is -0.359 e. The van der Waals surface area contributed by atoms with E-state index in [1.807, 2.05) is 0 Å². The maximum absolute atomic E-state index is 11.5. The summed E-state index contributed by atoms with van der Waals surface area (Å²) in [5.74, 6) is 0.328. The van der Waals surface area contributed by atoms with E-state index in [1.165, 1.54) is 0 Å². The van der Waals surface area contributed by atoms with Crippen molar-refractivity contribution in [2.24, 2.45) is 5.92 Å². The van der Waals surface area contributed by atoms with Crippen LogP contribution in [0.1, 0.15) is 32.6 Å². The van der Waals surface area contributed by atoms with Crippen LogP contribution < -0.4 is 5.32 Å². The first-order valence-electron chi connectivity index (χ1n) is 6.05. The summed E-state index contributed by atoms with van der Waals surface area (Å²) in [5, 5.41) is 11.4. The molecule has 1 atom stereocenters. The molecule has 0 saturated carbocycles. The average molecular weight is 223 g/mol. The summed E-state index contributed by atoms with van der Waals surface area (Å²) < 4.78 is 0. The standard InChI is InChI=1S/C12H21N3O/c1-3-11(4-7-13)15-8-5-10(6-9-15)12(16)14-2/h10-11H,3-6,8-9H2,1-2H3,(H,14,16). The zero-order chi connectivity index (χ0) is 12.0. The quantitative estimate of drug-likeness (QED) is 0.777. The van der Waals surface area contributed by atoms with Crippen LogP contribution >= 0.6 is 0 Å². The molecule has 0 radical (unpaired) electrons. The predicted octanol–water partition coefficient (Wildman–Crippen LogP) is 1.14. The molecule has 1 aliphatic heterocycles. The van der Waals surface area contributed by atoms with Gasteiger partial charge in [0.05, 0.1) is 12.5 Å². The first-order chi connectivity index (χ1) is 7.72. The number of hydrogen-bond acceptors (Lipinski definition) is 3. The molecule has 4 nitrogen and oxygen atoms in total. The largest absolute Gasteiger partial charge is 0.359 e. The number of nitrogens with zero attached hydrogens (tertiary/aromatic N) is 2. The van der Waals surface area contributed by atoms with Gasteiger partial charge < -0.3 is 5.32 Å². The molecule has 1 N–H and O–H groups in total. The Morgan fingerprint density at radius 2 is 2.19 bits per heavy atom. The Morgan fingerprint density at radius 3 is 2.62 bits per heavy atom. The minimum atomic E-state index is 0.160. The Labute approximate surface area is 97.6 Å². The lowest BCUT2D eigenvalue weighted by molar-refractivity contribution is -0.126. The Hall–Kier alpha value is -1.08. The highest BCUT2D eigenvalue weighted by Gasteiger charge is 2.27. The number of carbonyl (C=O) groups is 1. The van der Waals surface area contributed by atoms with Gasteiger partial charge in [0.2, 0.25) is 5.91 Å². The molecule has 1 saturated heterocycles. The predicted molar refractivity (Wildman–Crippen MR) is 62.7 cm³/mol. The van der Waals surface area contributed by atoms with Crippen molar-refractivity contribution in [3.05, 3.63) is 0 Å². The lowest BCUT2D eigenvalue weighted by Gasteiger charge is -2.35. The van der Waals surface area contributed by atoms with Crippen molar-refractivity contribution in [3.63, 3.8) is 0 Å². The van der Waals surface area contributed by atoms with Crippen molar-refractivity contribution < 1.29 is 4.79 Å². The summed E-state index contributed by atoms with van der Waals surface area (Å²) in [4.78, 5) is 13.8. The van der Waals surface area contributed by atoms with Gasteiger partial charge in [-0.2, -0.15) is 5.26 Å². The first-order valence-corrected chi connectivity index (χ1v) is 6.05. The molecule has 1 aliphatic rings. The highest BCUT2D eigenvalue weighted by Crippen LogP contribution is 2.21. The van der Waals surface area contributed by atoms with Gasteiger partial charge in [-0.25, -0.2) is 0 Å². The van der Waals surface area contributed by atoms with Gasteiger partial charge in [0.25, 0.3) is 0 Å². The van der Waals surface area contributed by atoms with Crippen LogP contribution in [0.4, 0.5) is 0 Å². The monoisotopic (exact) mass is 223 g/mol. The highest BCUT2D eigenvalue weighted by atomic mass is 16.1. The normalized spacial score (nSPS) is 20.1. The second-order valence-corrected chi connectivity index (χ2v) is 4.35. The third kappa shape index (κ3) is 3.21. The summed E-state index contributed by atoms with van der Waals surface area (Å²) in [6, 6.07) is 2.61. The summed E-state index contributed by atoms with van der Waals surface area (Å²) in [6.07, 6.45) is 3.45. The van der Waals surface area contributed by atoms with Crippen molar-refractivity contribution in [1.29, 1.82) is 5.26 Å². The molecule has 1 fully saturated rings. The van der Waals surface area contributed by atoms with Crippen LogP contribution in [0.15, 0.2) is 0 Å². The molecule has 1 rings (SSSR count). The molecule has 4 heteroatoms. The van der Waals surface area contributed by atoms with Gasteiger partial charge in [-0.15, -0.1) is 0 Å². The lowest BCUT2D eigenvalue weighted by atomic mass is 9.94. The minimum absolute atomic E-state index is 0.160. The van der Waals surface area contributed by atoms with Gasteiger partial charge in [-0.05, 0) is 32.4 Å². The van der Waals surface area contributed by atoms with Crippen molar-refractivity contribution >= 4 is 5.91 Å². The third-order valence-electron chi connectivity index (χ3n) is 3.46. The van der Waals surface area contributed by atoms with Crippen LogP contribution in [-0.4, -0.2) is 37.0 Å². The number of amides is 1. The van der Waals surface area contributed by atoms with Gasteiger partial charge in [0.15, 0.2) is 0 Å². The van der Waals surface area contributed by atoms with Crippen molar-refractivity contribution in [3.8, 4) is 6.07 Å². The molecule has 1 amide bonds. The molecule has 0 aromatic rings.